The number of nitrogens with one attached hydrogen (secondary N) is 1. The zero-order valence-electron chi connectivity index (χ0n) is 15.7. The second kappa shape index (κ2) is 7.64. The summed E-state index contributed by atoms with van der Waals surface area (Å²) in [6, 6.07) is 21.5. The Bertz CT molecular complexity index is 1090. The molecule has 4 rings (SSSR count). The van der Waals surface area contributed by atoms with Crippen molar-refractivity contribution in [1.29, 1.82) is 0 Å². The van der Waals surface area contributed by atoms with Gasteiger partial charge in [0.25, 0.3) is 0 Å². The summed E-state index contributed by atoms with van der Waals surface area (Å²) < 4.78 is 20.5. The van der Waals surface area contributed by atoms with Gasteiger partial charge in [-0.3, -0.25) is 0 Å². The number of rotatable bonds is 5. The normalized spacial score (nSPS) is 12.0. The Kier molecular flexibility index (Phi) is 4.89. The molecule has 3 aromatic carbocycles. The molecule has 1 N–H and O–H groups in total. The van der Waals surface area contributed by atoms with Crippen molar-refractivity contribution in [2.24, 2.45) is 0 Å². The first kappa shape index (κ1) is 17.9. The van der Waals surface area contributed by atoms with Crippen LogP contribution in [0.15, 0.2) is 77.2 Å². The molecule has 4 aromatic rings. The third-order valence-corrected chi connectivity index (χ3v) is 4.74. The average molecular weight is 373 g/mol. The number of benzene rings is 3. The third kappa shape index (κ3) is 3.64. The molecule has 0 unspecified atom stereocenters. The van der Waals surface area contributed by atoms with Crippen molar-refractivity contribution in [3.05, 3.63) is 101 Å². The summed E-state index contributed by atoms with van der Waals surface area (Å²) in [6.07, 6.45) is 0. The number of anilines is 1. The van der Waals surface area contributed by atoms with Crippen LogP contribution in [0.25, 0.3) is 11.5 Å². The van der Waals surface area contributed by atoms with Gasteiger partial charge < -0.3 is 9.73 Å². The van der Waals surface area contributed by atoms with Crippen molar-refractivity contribution in [3.63, 3.8) is 0 Å². The van der Waals surface area contributed by atoms with Crippen LogP contribution in [0.4, 0.5) is 10.1 Å². The number of hydrogen-bond acceptors (Lipinski definition) is 4. The number of aryl methyl sites for hydroxylation is 2. The summed E-state index contributed by atoms with van der Waals surface area (Å²) in [5.74, 6) is 0.379. The Morgan fingerprint density at radius 3 is 2.36 bits per heavy atom. The lowest BCUT2D eigenvalue weighted by Crippen LogP contribution is -2.14. The van der Waals surface area contributed by atoms with E-state index in [0.717, 1.165) is 16.8 Å². The summed E-state index contributed by atoms with van der Waals surface area (Å²) in [7, 11) is 0. The van der Waals surface area contributed by atoms with Gasteiger partial charge in [-0.2, -0.15) is 0 Å². The highest BCUT2D eigenvalue weighted by molar-refractivity contribution is 5.53. The van der Waals surface area contributed by atoms with Crippen molar-refractivity contribution in [1.82, 2.24) is 10.2 Å². The second-order valence-electron chi connectivity index (χ2n) is 6.71. The maximum Gasteiger partial charge on any atom is 0.247 e. The van der Waals surface area contributed by atoms with E-state index in [0.29, 0.717) is 17.3 Å². The molecule has 140 valence electrons. The average Bonchev–Trinajstić information content (AvgIpc) is 3.20. The van der Waals surface area contributed by atoms with Gasteiger partial charge in [-0.25, -0.2) is 4.39 Å². The first-order valence-corrected chi connectivity index (χ1v) is 9.09. The predicted molar refractivity (Wildman–Crippen MR) is 108 cm³/mol. The van der Waals surface area contributed by atoms with Crippen LogP contribution >= 0.6 is 0 Å². The maximum absolute atomic E-state index is 14.6. The van der Waals surface area contributed by atoms with E-state index in [4.69, 9.17) is 4.42 Å². The fraction of sp³-hybridized carbons (Fsp3) is 0.130. The minimum absolute atomic E-state index is 0.308. The quantitative estimate of drug-likeness (QED) is 0.488. The maximum atomic E-state index is 14.6. The zero-order chi connectivity index (χ0) is 19.5. The van der Waals surface area contributed by atoms with Gasteiger partial charge in [0.15, 0.2) is 0 Å². The minimum Gasteiger partial charge on any atom is -0.418 e. The van der Waals surface area contributed by atoms with Crippen LogP contribution in [-0.2, 0) is 0 Å². The molecule has 1 atom stereocenters. The Labute approximate surface area is 163 Å². The van der Waals surface area contributed by atoms with Crippen LogP contribution < -0.4 is 5.32 Å². The molecule has 0 saturated carbocycles. The smallest absolute Gasteiger partial charge is 0.247 e. The van der Waals surface area contributed by atoms with Gasteiger partial charge in [0.2, 0.25) is 11.8 Å². The summed E-state index contributed by atoms with van der Waals surface area (Å²) in [6.45, 7) is 4.09. The molecule has 0 bridgehead atoms. The van der Waals surface area contributed by atoms with Crippen molar-refractivity contribution in [2.75, 3.05) is 5.32 Å². The Balaban J connectivity index is 1.74. The van der Waals surface area contributed by atoms with E-state index >= 15 is 0 Å². The molecular formula is C23H20FN3O. The van der Waals surface area contributed by atoms with Crippen molar-refractivity contribution >= 4 is 5.69 Å². The molecule has 28 heavy (non-hydrogen) atoms. The Hall–Kier alpha value is -3.47. The Morgan fingerprint density at radius 2 is 1.61 bits per heavy atom. The fourth-order valence-corrected chi connectivity index (χ4v) is 3.03. The van der Waals surface area contributed by atoms with Crippen LogP contribution in [0.3, 0.4) is 0 Å². The minimum atomic E-state index is -0.603. The van der Waals surface area contributed by atoms with Gasteiger partial charge >= 0.3 is 0 Å². The van der Waals surface area contributed by atoms with Crippen molar-refractivity contribution in [3.8, 4) is 11.5 Å². The monoisotopic (exact) mass is 373 g/mol. The van der Waals surface area contributed by atoms with Gasteiger partial charge in [0.05, 0.1) is 0 Å². The molecule has 5 heteroatoms. The SMILES string of the molecule is Cc1ccc(N[C@H](c2nnc(-c3ccccc3)o2)c2ccccc2F)cc1C. The lowest BCUT2D eigenvalue weighted by molar-refractivity contribution is 0.485. The highest BCUT2D eigenvalue weighted by atomic mass is 19.1. The van der Waals surface area contributed by atoms with E-state index in [-0.39, 0.29) is 5.82 Å². The first-order chi connectivity index (χ1) is 13.6. The lowest BCUT2D eigenvalue weighted by Gasteiger charge is -2.18. The molecule has 0 fully saturated rings. The van der Waals surface area contributed by atoms with E-state index in [1.165, 1.54) is 11.6 Å². The van der Waals surface area contributed by atoms with Gasteiger partial charge in [-0.1, -0.05) is 42.5 Å². The lowest BCUT2D eigenvalue weighted by atomic mass is 10.0. The molecule has 1 aromatic heterocycles. The molecular weight excluding hydrogens is 353 g/mol. The first-order valence-electron chi connectivity index (χ1n) is 9.09. The molecule has 4 nitrogen and oxygen atoms in total. The van der Waals surface area contributed by atoms with Crippen LogP contribution in [0.5, 0.6) is 0 Å². The van der Waals surface area contributed by atoms with Crippen molar-refractivity contribution in [2.45, 2.75) is 19.9 Å². The molecule has 0 saturated heterocycles. The van der Waals surface area contributed by atoms with Gasteiger partial charge in [0, 0.05) is 16.8 Å². The number of halogens is 1. The van der Waals surface area contributed by atoms with E-state index in [9.17, 15) is 4.39 Å². The van der Waals surface area contributed by atoms with Crippen LogP contribution in [0, 0.1) is 19.7 Å². The fourth-order valence-electron chi connectivity index (χ4n) is 3.03. The molecule has 1 heterocycles. The molecule has 0 aliphatic heterocycles. The summed E-state index contributed by atoms with van der Waals surface area (Å²) in [5, 5.41) is 11.7. The van der Waals surface area contributed by atoms with E-state index in [1.807, 2.05) is 55.5 Å². The number of aromatic nitrogens is 2. The van der Waals surface area contributed by atoms with Crippen LogP contribution in [0.2, 0.25) is 0 Å². The highest BCUT2D eigenvalue weighted by Gasteiger charge is 2.24. The third-order valence-electron chi connectivity index (χ3n) is 4.74. The van der Waals surface area contributed by atoms with Crippen molar-refractivity contribution < 1.29 is 8.81 Å². The Morgan fingerprint density at radius 1 is 0.857 bits per heavy atom. The van der Waals surface area contributed by atoms with Gasteiger partial charge in [0.1, 0.15) is 11.9 Å². The molecule has 0 radical (unpaired) electrons. The number of nitrogens with zero attached hydrogens (tertiary/aromatic N) is 2. The molecule has 0 amide bonds. The summed E-state index contributed by atoms with van der Waals surface area (Å²) in [4.78, 5) is 0. The predicted octanol–water partition coefficient (Wildman–Crippen LogP) is 5.69. The summed E-state index contributed by atoms with van der Waals surface area (Å²) in [5.41, 5.74) is 4.46. The molecule has 0 aliphatic rings. The van der Waals surface area contributed by atoms with E-state index in [2.05, 4.69) is 22.4 Å². The van der Waals surface area contributed by atoms with Crippen LogP contribution in [-0.4, -0.2) is 10.2 Å². The number of hydrogen-bond donors (Lipinski definition) is 1. The van der Waals surface area contributed by atoms with Gasteiger partial charge in [-0.15, -0.1) is 10.2 Å². The zero-order valence-corrected chi connectivity index (χ0v) is 15.7. The van der Waals surface area contributed by atoms with Gasteiger partial charge in [-0.05, 0) is 55.3 Å². The highest BCUT2D eigenvalue weighted by Crippen LogP contribution is 2.30. The molecule has 0 aliphatic carbocycles. The van der Waals surface area contributed by atoms with E-state index < -0.39 is 6.04 Å². The standard InChI is InChI=1S/C23H20FN3O/c1-15-12-13-18(14-16(15)2)25-21(19-10-6-7-11-20(19)24)23-27-26-22(28-23)17-8-4-3-5-9-17/h3-14,21,25H,1-2H3/t21-/m0/s1. The topological polar surface area (TPSA) is 51.0 Å². The second-order valence-corrected chi connectivity index (χ2v) is 6.71. The largest absolute Gasteiger partial charge is 0.418 e. The van der Waals surface area contributed by atoms with E-state index in [1.54, 1.807) is 18.2 Å². The molecule has 0 spiro atoms. The summed E-state index contributed by atoms with van der Waals surface area (Å²) >= 11 is 0. The van der Waals surface area contributed by atoms with Crippen LogP contribution in [0.1, 0.15) is 28.6 Å².